The number of carbonyl (C=O) groups is 1. The first kappa shape index (κ1) is 20.6. The molecule has 0 N–H and O–H groups in total. The lowest BCUT2D eigenvalue weighted by Crippen LogP contribution is -2.44. The average molecular weight is 499 g/mol. The zero-order valence-corrected chi connectivity index (χ0v) is 19.6. The van der Waals surface area contributed by atoms with Crippen molar-refractivity contribution in [1.29, 1.82) is 0 Å². The van der Waals surface area contributed by atoms with Crippen LogP contribution < -0.4 is 9.47 Å². The minimum atomic E-state index is 0.0306. The van der Waals surface area contributed by atoms with Crippen molar-refractivity contribution < 1.29 is 14.3 Å². The largest absolute Gasteiger partial charge is 0.454 e. The van der Waals surface area contributed by atoms with Crippen LogP contribution in [-0.2, 0) is 4.79 Å². The fourth-order valence-corrected chi connectivity index (χ4v) is 5.81. The van der Waals surface area contributed by atoms with E-state index in [0.717, 1.165) is 40.2 Å². The lowest BCUT2D eigenvalue weighted by atomic mass is 9.85. The lowest BCUT2D eigenvalue weighted by molar-refractivity contribution is -0.124. The predicted octanol–water partition coefficient (Wildman–Crippen LogP) is 6.36. The highest BCUT2D eigenvalue weighted by Gasteiger charge is 2.41. The fourth-order valence-electron chi connectivity index (χ4n) is 4.34. The number of thioether (sulfide) groups is 1. The van der Waals surface area contributed by atoms with Crippen molar-refractivity contribution in [2.75, 3.05) is 6.79 Å². The minimum absolute atomic E-state index is 0.0306. The fraction of sp³-hybridized carbons (Fsp3) is 0.333. The van der Waals surface area contributed by atoms with Crippen molar-refractivity contribution in [3.05, 3.63) is 57.4 Å². The Kier molecular flexibility index (Phi) is 5.80. The van der Waals surface area contributed by atoms with Crippen LogP contribution in [0.3, 0.4) is 0 Å². The van der Waals surface area contributed by atoms with Crippen molar-refractivity contribution in [3.63, 3.8) is 0 Å². The molecule has 3 aliphatic rings. The molecule has 1 aliphatic carbocycles. The molecule has 0 bridgehead atoms. The molecular weight excluding hydrogens is 476 g/mol. The number of fused-ring (bicyclic) bond motifs is 1. The first-order valence-electron chi connectivity index (χ1n) is 10.6. The minimum Gasteiger partial charge on any atom is -0.454 e. The topological polar surface area (TPSA) is 51.1 Å². The smallest absolute Gasteiger partial charge is 0.267 e. The first-order chi connectivity index (χ1) is 15.1. The van der Waals surface area contributed by atoms with Gasteiger partial charge in [-0.3, -0.25) is 9.69 Å². The molecule has 160 valence electrons. The number of amidine groups is 1. The van der Waals surface area contributed by atoms with Crippen molar-refractivity contribution >= 4 is 50.5 Å². The Bertz CT molecular complexity index is 1070. The van der Waals surface area contributed by atoms with E-state index in [-0.39, 0.29) is 18.7 Å². The number of nitrogens with zero attached hydrogens (tertiary/aromatic N) is 2. The summed E-state index contributed by atoms with van der Waals surface area (Å²) >= 11 is 5.05. The molecule has 2 heterocycles. The van der Waals surface area contributed by atoms with Crippen LogP contribution in [0.5, 0.6) is 11.5 Å². The van der Waals surface area contributed by atoms with Crippen molar-refractivity contribution in [2.24, 2.45) is 10.9 Å². The summed E-state index contributed by atoms with van der Waals surface area (Å²) in [6.45, 7) is 2.47. The van der Waals surface area contributed by atoms with Crippen LogP contribution in [0.25, 0.3) is 6.08 Å². The summed E-state index contributed by atoms with van der Waals surface area (Å²) in [7, 11) is 0. The quantitative estimate of drug-likeness (QED) is 0.461. The molecule has 2 fully saturated rings. The number of benzene rings is 2. The highest BCUT2D eigenvalue weighted by Crippen LogP contribution is 2.42. The third kappa shape index (κ3) is 4.13. The molecule has 0 radical (unpaired) electrons. The Labute approximate surface area is 194 Å². The van der Waals surface area contributed by atoms with E-state index in [2.05, 4.69) is 22.9 Å². The van der Waals surface area contributed by atoms with E-state index in [9.17, 15) is 4.79 Å². The van der Waals surface area contributed by atoms with Gasteiger partial charge in [-0.2, -0.15) is 0 Å². The summed E-state index contributed by atoms with van der Waals surface area (Å²) in [6.07, 6.45) is 6.46. The van der Waals surface area contributed by atoms with Crippen LogP contribution in [0.4, 0.5) is 5.69 Å². The van der Waals surface area contributed by atoms with Gasteiger partial charge in [-0.1, -0.05) is 53.9 Å². The highest BCUT2D eigenvalue weighted by atomic mass is 79.9. The molecule has 2 aromatic rings. The molecule has 31 heavy (non-hydrogen) atoms. The van der Waals surface area contributed by atoms with Crippen LogP contribution in [0, 0.1) is 5.92 Å². The maximum absolute atomic E-state index is 13.6. The van der Waals surface area contributed by atoms with E-state index < -0.39 is 0 Å². The molecule has 0 aromatic heterocycles. The molecule has 0 unspecified atom stereocenters. The number of hydrogen-bond acceptors (Lipinski definition) is 5. The van der Waals surface area contributed by atoms with Gasteiger partial charge in [-0.15, -0.1) is 0 Å². The zero-order chi connectivity index (χ0) is 21.4. The number of aliphatic imine (C=N–C) groups is 1. The van der Waals surface area contributed by atoms with Crippen LogP contribution >= 0.6 is 27.7 Å². The van der Waals surface area contributed by atoms with E-state index in [4.69, 9.17) is 14.5 Å². The number of ether oxygens (including phenoxy) is 2. The third-order valence-electron chi connectivity index (χ3n) is 5.99. The summed E-state index contributed by atoms with van der Waals surface area (Å²) in [6, 6.07) is 13.8. The molecule has 0 spiro atoms. The lowest BCUT2D eigenvalue weighted by Gasteiger charge is -2.35. The second-order valence-electron chi connectivity index (χ2n) is 8.07. The standard InChI is InChI=1S/C24H23BrN2O3S/c1-15-7-5-6-10-19(15)27-23(28)22(31-24(27)26-17-8-3-2-4-9-17)12-16-11-20-21(13-18(16)25)30-14-29-20/h2-4,8-9,11-13,15,19H,5-7,10,14H2,1H3/b22-12-,26-24?/t15-,19+/m0/s1. The molecule has 7 heteroatoms. The Balaban J connectivity index is 1.53. The van der Waals surface area contributed by atoms with E-state index >= 15 is 0 Å². The molecule has 1 saturated heterocycles. The van der Waals surface area contributed by atoms with Gasteiger partial charge in [0.2, 0.25) is 6.79 Å². The van der Waals surface area contributed by atoms with E-state index in [1.165, 1.54) is 18.2 Å². The molecule has 1 amide bonds. The molecule has 2 aromatic carbocycles. The summed E-state index contributed by atoms with van der Waals surface area (Å²) < 4.78 is 11.8. The highest BCUT2D eigenvalue weighted by molar-refractivity contribution is 9.10. The molecule has 2 atom stereocenters. The van der Waals surface area contributed by atoms with E-state index in [0.29, 0.717) is 22.3 Å². The van der Waals surface area contributed by atoms with Crippen molar-refractivity contribution in [3.8, 4) is 11.5 Å². The molecule has 5 nitrogen and oxygen atoms in total. The van der Waals surface area contributed by atoms with Crippen molar-refractivity contribution in [2.45, 2.75) is 38.6 Å². The van der Waals surface area contributed by atoms with Gasteiger partial charge in [0, 0.05) is 10.5 Å². The molecular formula is C24H23BrN2O3S. The second kappa shape index (κ2) is 8.71. The molecule has 1 saturated carbocycles. The monoisotopic (exact) mass is 498 g/mol. The summed E-state index contributed by atoms with van der Waals surface area (Å²) in [5.74, 6) is 1.89. The molecule has 5 rings (SSSR count). The Hall–Kier alpha value is -2.25. The van der Waals surface area contributed by atoms with E-state index in [1.54, 1.807) is 0 Å². The van der Waals surface area contributed by atoms with Crippen LogP contribution in [0.15, 0.2) is 56.8 Å². The number of para-hydroxylation sites is 1. The Morgan fingerprint density at radius 1 is 1.13 bits per heavy atom. The van der Waals surface area contributed by atoms with Gasteiger partial charge in [0.15, 0.2) is 16.7 Å². The van der Waals surface area contributed by atoms with Gasteiger partial charge >= 0.3 is 0 Å². The zero-order valence-electron chi connectivity index (χ0n) is 17.2. The number of halogens is 1. The van der Waals surface area contributed by atoms with Gasteiger partial charge in [0.05, 0.1) is 10.6 Å². The van der Waals surface area contributed by atoms with Gasteiger partial charge in [0.25, 0.3) is 5.91 Å². The number of hydrogen-bond donors (Lipinski definition) is 0. The third-order valence-corrected chi connectivity index (χ3v) is 7.66. The summed E-state index contributed by atoms with van der Waals surface area (Å²) in [5.41, 5.74) is 1.74. The van der Waals surface area contributed by atoms with Crippen LogP contribution in [-0.4, -0.2) is 28.8 Å². The maximum atomic E-state index is 13.6. The number of rotatable bonds is 3. The maximum Gasteiger partial charge on any atom is 0.267 e. The van der Waals surface area contributed by atoms with Gasteiger partial charge in [0.1, 0.15) is 0 Å². The van der Waals surface area contributed by atoms with Crippen LogP contribution in [0.2, 0.25) is 0 Å². The second-order valence-corrected chi connectivity index (χ2v) is 9.94. The SMILES string of the molecule is C[C@H]1CCCC[C@H]1N1C(=O)/C(=C/c2cc3c(cc2Br)OCO3)SC1=Nc1ccccc1. The number of amides is 1. The van der Waals surface area contributed by atoms with Gasteiger partial charge in [-0.05, 0) is 66.4 Å². The number of carbonyl (C=O) groups excluding carboxylic acids is 1. The average Bonchev–Trinajstić information content (AvgIpc) is 3.34. The van der Waals surface area contributed by atoms with Gasteiger partial charge < -0.3 is 9.47 Å². The predicted molar refractivity (Wildman–Crippen MR) is 128 cm³/mol. The first-order valence-corrected chi connectivity index (χ1v) is 12.2. The normalized spacial score (nSPS) is 25.6. The van der Waals surface area contributed by atoms with E-state index in [1.807, 2.05) is 53.4 Å². The van der Waals surface area contributed by atoms with Gasteiger partial charge in [-0.25, -0.2) is 4.99 Å². The molecule has 2 aliphatic heterocycles. The Morgan fingerprint density at radius 2 is 1.87 bits per heavy atom. The summed E-state index contributed by atoms with van der Waals surface area (Å²) in [4.78, 5) is 21.1. The van der Waals surface area contributed by atoms with Crippen LogP contribution in [0.1, 0.15) is 38.2 Å². The van der Waals surface area contributed by atoms with Crippen molar-refractivity contribution in [1.82, 2.24) is 4.90 Å². The Morgan fingerprint density at radius 3 is 2.65 bits per heavy atom. The summed E-state index contributed by atoms with van der Waals surface area (Å²) in [5, 5.41) is 0.762.